The zero-order chi connectivity index (χ0) is 15.4. The van der Waals surface area contributed by atoms with Crippen LogP contribution in [0.25, 0.3) is 0 Å². The number of rotatable bonds is 3. The Labute approximate surface area is 128 Å². The van der Waals surface area contributed by atoms with E-state index in [2.05, 4.69) is 5.32 Å². The molecule has 2 rings (SSSR count). The summed E-state index contributed by atoms with van der Waals surface area (Å²) in [6.07, 6.45) is 4.10. The SMILES string of the molecule is Nc1cc(C(=O)NC2CCCCCC2C(=O)O)ccc1Cl. The first-order valence-corrected chi connectivity index (χ1v) is 7.45. The van der Waals surface area contributed by atoms with Crippen LogP contribution in [0.4, 0.5) is 5.69 Å². The Balaban J connectivity index is 2.12. The molecule has 114 valence electrons. The topological polar surface area (TPSA) is 92.4 Å². The predicted molar refractivity (Wildman–Crippen MR) is 81.3 cm³/mol. The molecule has 21 heavy (non-hydrogen) atoms. The Kier molecular flexibility index (Phi) is 5.07. The van der Waals surface area contributed by atoms with Crippen LogP contribution in [0.1, 0.15) is 42.5 Å². The van der Waals surface area contributed by atoms with Crippen LogP contribution in [0.2, 0.25) is 5.02 Å². The minimum absolute atomic E-state index is 0.309. The highest BCUT2D eigenvalue weighted by Crippen LogP contribution is 2.25. The monoisotopic (exact) mass is 310 g/mol. The molecule has 0 spiro atoms. The second kappa shape index (κ2) is 6.80. The Bertz CT molecular complexity index is 548. The van der Waals surface area contributed by atoms with Crippen LogP contribution in [-0.2, 0) is 4.79 Å². The number of halogens is 1. The summed E-state index contributed by atoms with van der Waals surface area (Å²) >= 11 is 5.83. The lowest BCUT2D eigenvalue weighted by Gasteiger charge is -2.23. The maximum absolute atomic E-state index is 12.3. The molecule has 6 heteroatoms. The summed E-state index contributed by atoms with van der Waals surface area (Å²) in [4.78, 5) is 23.6. The molecule has 0 heterocycles. The summed E-state index contributed by atoms with van der Waals surface area (Å²) in [6.45, 7) is 0. The molecule has 1 saturated carbocycles. The molecular weight excluding hydrogens is 292 g/mol. The molecule has 0 aromatic heterocycles. The molecule has 0 radical (unpaired) electrons. The highest BCUT2D eigenvalue weighted by molar-refractivity contribution is 6.33. The smallest absolute Gasteiger partial charge is 0.308 e. The van der Waals surface area contributed by atoms with E-state index >= 15 is 0 Å². The van der Waals surface area contributed by atoms with Crippen LogP contribution in [0.5, 0.6) is 0 Å². The van der Waals surface area contributed by atoms with Crippen LogP contribution < -0.4 is 11.1 Å². The molecule has 5 nitrogen and oxygen atoms in total. The van der Waals surface area contributed by atoms with E-state index in [1.54, 1.807) is 12.1 Å². The molecule has 2 unspecified atom stereocenters. The number of carbonyl (C=O) groups excluding carboxylic acids is 1. The average molecular weight is 311 g/mol. The summed E-state index contributed by atoms with van der Waals surface area (Å²) in [5.74, 6) is -1.68. The molecular formula is C15H19ClN2O3. The van der Waals surface area contributed by atoms with Gasteiger partial charge < -0.3 is 16.2 Å². The molecule has 1 aromatic carbocycles. The number of nitrogens with two attached hydrogens (primary N) is 1. The summed E-state index contributed by atoms with van der Waals surface area (Å²) < 4.78 is 0. The Hall–Kier alpha value is -1.75. The molecule has 1 fully saturated rings. The second-order valence-electron chi connectivity index (χ2n) is 5.40. The number of nitrogens with one attached hydrogen (secondary N) is 1. The van der Waals surface area contributed by atoms with Crippen molar-refractivity contribution in [2.24, 2.45) is 5.92 Å². The van der Waals surface area contributed by atoms with Gasteiger partial charge in [-0.2, -0.15) is 0 Å². The Morgan fingerprint density at radius 2 is 1.95 bits per heavy atom. The maximum atomic E-state index is 12.3. The zero-order valence-corrected chi connectivity index (χ0v) is 12.4. The minimum atomic E-state index is -0.849. The largest absolute Gasteiger partial charge is 0.481 e. The third-order valence-corrected chi connectivity index (χ3v) is 4.25. The quantitative estimate of drug-likeness (QED) is 0.591. The molecule has 0 aliphatic heterocycles. The van der Waals surface area contributed by atoms with Gasteiger partial charge in [-0.1, -0.05) is 30.9 Å². The number of hydrogen-bond acceptors (Lipinski definition) is 3. The number of anilines is 1. The lowest BCUT2D eigenvalue weighted by molar-refractivity contribution is -0.142. The standard InChI is InChI=1S/C15H19ClN2O3/c16-11-7-6-9(8-12(11)17)14(19)18-13-5-3-1-2-4-10(13)15(20)21/h6-8,10,13H,1-5,17H2,(H,18,19)(H,20,21). The Morgan fingerprint density at radius 3 is 2.62 bits per heavy atom. The number of carboxylic acid groups (broad SMARTS) is 1. The lowest BCUT2D eigenvalue weighted by atomic mass is 9.94. The van der Waals surface area contributed by atoms with Gasteiger partial charge in [-0.15, -0.1) is 0 Å². The van der Waals surface area contributed by atoms with Gasteiger partial charge in [0.2, 0.25) is 0 Å². The van der Waals surface area contributed by atoms with Gasteiger partial charge in [0.25, 0.3) is 5.91 Å². The number of benzene rings is 1. The highest BCUT2D eigenvalue weighted by atomic mass is 35.5. The van der Waals surface area contributed by atoms with E-state index < -0.39 is 11.9 Å². The maximum Gasteiger partial charge on any atom is 0.308 e. The first-order valence-electron chi connectivity index (χ1n) is 7.07. The molecule has 0 bridgehead atoms. The number of carbonyl (C=O) groups is 2. The summed E-state index contributed by atoms with van der Waals surface area (Å²) in [7, 11) is 0. The molecule has 2 atom stereocenters. The summed E-state index contributed by atoms with van der Waals surface area (Å²) in [6, 6.07) is 4.31. The van der Waals surface area contributed by atoms with Crippen molar-refractivity contribution in [3.8, 4) is 0 Å². The number of carboxylic acids is 1. The molecule has 1 aromatic rings. The van der Waals surface area contributed by atoms with Gasteiger partial charge in [0, 0.05) is 11.6 Å². The first kappa shape index (κ1) is 15.6. The number of aliphatic carboxylic acids is 1. The van der Waals surface area contributed by atoms with Crippen molar-refractivity contribution >= 4 is 29.2 Å². The molecule has 1 amide bonds. The number of hydrogen-bond donors (Lipinski definition) is 3. The van der Waals surface area contributed by atoms with Crippen molar-refractivity contribution in [1.29, 1.82) is 0 Å². The molecule has 1 aliphatic carbocycles. The Morgan fingerprint density at radius 1 is 1.24 bits per heavy atom. The van der Waals surface area contributed by atoms with Crippen molar-refractivity contribution in [2.75, 3.05) is 5.73 Å². The third-order valence-electron chi connectivity index (χ3n) is 3.91. The van der Waals surface area contributed by atoms with E-state index in [0.717, 1.165) is 19.3 Å². The van der Waals surface area contributed by atoms with Gasteiger partial charge in [0.1, 0.15) is 0 Å². The number of amides is 1. The van der Waals surface area contributed by atoms with E-state index in [1.807, 2.05) is 0 Å². The van der Waals surface area contributed by atoms with Crippen LogP contribution in [0, 0.1) is 5.92 Å². The first-order chi connectivity index (χ1) is 9.99. The van der Waals surface area contributed by atoms with Gasteiger partial charge in [0.15, 0.2) is 0 Å². The molecule has 4 N–H and O–H groups in total. The fourth-order valence-corrected chi connectivity index (χ4v) is 2.83. The van der Waals surface area contributed by atoms with Crippen LogP contribution in [-0.4, -0.2) is 23.0 Å². The van der Waals surface area contributed by atoms with E-state index in [4.69, 9.17) is 17.3 Å². The molecule has 0 saturated heterocycles. The van der Waals surface area contributed by atoms with E-state index in [0.29, 0.717) is 29.1 Å². The predicted octanol–water partition coefficient (Wildman–Crippen LogP) is 2.69. The normalized spacial score (nSPS) is 22.3. The van der Waals surface area contributed by atoms with Gasteiger partial charge in [-0.3, -0.25) is 9.59 Å². The van der Waals surface area contributed by atoms with E-state index in [-0.39, 0.29) is 11.9 Å². The van der Waals surface area contributed by atoms with Crippen molar-refractivity contribution in [1.82, 2.24) is 5.32 Å². The van der Waals surface area contributed by atoms with Crippen LogP contribution >= 0.6 is 11.6 Å². The third kappa shape index (κ3) is 3.88. The fourth-order valence-electron chi connectivity index (χ4n) is 2.71. The van der Waals surface area contributed by atoms with Crippen LogP contribution in [0.15, 0.2) is 18.2 Å². The minimum Gasteiger partial charge on any atom is -0.481 e. The fraction of sp³-hybridized carbons (Fsp3) is 0.467. The van der Waals surface area contributed by atoms with Gasteiger partial charge in [-0.25, -0.2) is 0 Å². The van der Waals surface area contributed by atoms with Crippen molar-refractivity contribution in [3.63, 3.8) is 0 Å². The average Bonchev–Trinajstić information content (AvgIpc) is 2.67. The van der Waals surface area contributed by atoms with Crippen molar-refractivity contribution in [2.45, 2.75) is 38.1 Å². The van der Waals surface area contributed by atoms with Crippen molar-refractivity contribution in [3.05, 3.63) is 28.8 Å². The van der Waals surface area contributed by atoms with Crippen molar-refractivity contribution < 1.29 is 14.7 Å². The number of nitrogen functional groups attached to an aromatic ring is 1. The zero-order valence-electron chi connectivity index (χ0n) is 11.6. The van der Waals surface area contributed by atoms with Gasteiger partial charge in [-0.05, 0) is 31.0 Å². The van der Waals surface area contributed by atoms with E-state index in [1.165, 1.54) is 6.07 Å². The summed E-state index contributed by atoms with van der Waals surface area (Å²) in [5.41, 5.74) is 6.41. The summed E-state index contributed by atoms with van der Waals surface area (Å²) in [5, 5.41) is 12.5. The highest BCUT2D eigenvalue weighted by Gasteiger charge is 2.30. The van der Waals surface area contributed by atoms with Gasteiger partial charge in [0.05, 0.1) is 16.6 Å². The lowest BCUT2D eigenvalue weighted by Crippen LogP contribution is -2.42. The second-order valence-corrected chi connectivity index (χ2v) is 5.81. The van der Waals surface area contributed by atoms with Gasteiger partial charge >= 0.3 is 5.97 Å². The van der Waals surface area contributed by atoms with E-state index in [9.17, 15) is 14.7 Å². The molecule has 1 aliphatic rings. The van der Waals surface area contributed by atoms with Crippen LogP contribution in [0.3, 0.4) is 0 Å².